The molecule has 28 heavy (non-hydrogen) atoms. The Balaban J connectivity index is 2.03. The first-order valence-electron chi connectivity index (χ1n) is 8.92. The smallest absolute Gasteiger partial charge is 0.366 e. The van der Waals surface area contributed by atoms with Crippen LogP contribution in [0.2, 0.25) is 0 Å². The number of pyridine rings is 1. The fourth-order valence-electron chi connectivity index (χ4n) is 3.04. The van der Waals surface area contributed by atoms with Crippen LogP contribution in [0.15, 0.2) is 42.5 Å². The number of nitro groups is 1. The lowest BCUT2D eigenvalue weighted by atomic mass is 10.1. The summed E-state index contributed by atoms with van der Waals surface area (Å²) in [6.45, 7) is 4.39. The molecule has 2 aromatic rings. The highest BCUT2D eigenvalue weighted by atomic mass is 16.6. The van der Waals surface area contributed by atoms with Gasteiger partial charge in [0.1, 0.15) is 6.54 Å². The van der Waals surface area contributed by atoms with Crippen LogP contribution in [-0.2, 0) is 9.59 Å². The highest BCUT2D eigenvalue weighted by molar-refractivity contribution is 6.03. The number of amides is 2. The summed E-state index contributed by atoms with van der Waals surface area (Å²) >= 11 is 0. The third-order valence-electron chi connectivity index (χ3n) is 4.51. The van der Waals surface area contributed by atoms with Crippen LogP contribution in [0.1, 0.15) is 25.5 Å². The Labute approximate surface area is 161 Å². The fraction of sp³-hybridized carbons (Fsp3) is 0.316. The fourth-order valence-corrected chi connectivity index (χ4v) is 3.04. The minimum absolute atomic E-state index is 0.0214. The van der Waals surface area contributed by atoms with Crippen LogP contribution in [0.5, 0.6) is 5.75 Å². The number of benzene rings is 1. The Bertz CT molecular complexity index is 898. The molecule has 0 fully saturated rings. The summed E-state index contributed by atoms with van der Waals surface area (Å²) in [4.78, 5) is 42.9. The van der Waals surface area contributed by atoms with Crippen molar-refractivity contribution in [1.29, 1.82) is 0 Å². The number of nitrogens with zero attached hydrogens (tertiary/aromatic N) is 4. The molecule has 1 aliphatic rings. The molecule has 0 radical (unpaired) electrons. The maximum absolute atomic E-state index is 13.1. The van der Waals surface area contributed by atoms with Gasteiger partial charge in [-0.25, -0.2) is 0 Å². The Morgan fingerprint density at radius 3 is 2.50 bits per heavy atom. The van der Waals surface area contributed by atoms with Gasteiger partial charge >= 0.3 is 5.82 Å². The number of carbonyl (C=O) groups excluding carboxylic acids is 2. The van der Waals surface area contributed by atoms with E-state index in [0.717, 1.165) is 0 Å². The van der Waals surface area contributed by atoms with Gasteiger partial charge in [-0.05, 0) is 29.8 Å². The minimum atomic E-state index is -0.957. The van der Waals surface area contributed by atoms with E-state index >= 15 is 0 Å². The van der Waals surface area contributed by atoms with Gasteiger partial charge in [0, 0.05) is 24.7 Å². The second-order valence-electron chi connectivity index (χ2n) is 6.15. The average Bonchev–Trinajstić information content (AvgIpc) is 2.71. The summed E-state index contributed by atoms with van der Waals surface area (Å²) in [6, 6.07) is 11.5. The summed E-state index contributed by atoms with van der Waals surface area (Å²) in [5.74, 6) is -0.995. The Hall–Kier alpha value is -3.49. The normalized spacial score (nSPS) is 15.6. The molecule has 2 amide bonds. The van der Waals surface area contributed by atoms with Crippen molar-refractivity contribution in [2.75, 3.05) is 24.5 Å². The molecule has 0 N–H and O–H groups in total. The summed E-state index contributed by atoms with van der Waals surface area (Å²) in [5.41, 5.74) is 0.622. The van der Waals surface area contributed by atoms with Gasteiger partial charge in [0.05, 0.1) is 0 Å². The van der Waals surface area contributed by atoms with E-state index in [1.165, 1.54) is 17.0 Å². The van der Waals surface area contributed by atoms with Crippen molar-refractivity contribution in [3.05, 3.63) is 58.1 Å². The molecule has 9 nitrogen and oxygen atoms in total. The second-order valence-corrected chi connectivity index (χ2v) is 6.15. The van der Waals surface area contributed by atoms with Gasteiger partial charge in [-0.15, -0.1) is 0 Å². The largest absolute Gasteiger partial charge is 0.469 e. The van der Waals surface area contributed by atoms with Gasteiger partial charge in [0.15, 0.2) is 5.75 Å². The first-order chi connectivity index (χ1) is 13.5. The number of fused-ring (bicyclic) bond motifs is 1. The molecule has 146 valence electrons. The van der Waals surface area contributed by atoms with E-state index in [-0.39, 0.29) is 24.0 Å². The van der Waals surface area contributed by atoms with Crippen LogP contribution in [0.3, 0.4) is 0 Å². The lowest BCUT2D eigenvalue weighted by Gasteiger charge is -2.32. The van der Waals surface area contributed by atoms with Crippen LogP contribution in [0.25, 0.3) is 0 Å². The van der Waals surface area contributed by atoms with Crippen molar-refractivity contribution in [1.82, 2.24) is 9.88 Å². The molecular weight excluding hydrogens is 364 g/mol. The predicted octanol–water partition coefficient (Wildman–Crippen LogP) is 2.32. The summed E-state index contributed by atoms with van der Waals surface area (Å²) in [5, 5.41) is 11.1. The third kappa shape index (κ3) is 3.64. The summed E-state index contributed by atoms with van der Waals surface area (Å²) in [7, 11) is 0. The molecule has 1 unspecified atom stereocenters. The van der Waals surface area contributed by atoms with Crippen LogP contribution >= 0.6 is 0 Å². The van der Waals surface area contributed by atoms with Gasteiger partial charge < -0.3 is 19.8 Å². The molecular formula is C19H20N4O5. The standard InChI is InChI=1S/C19H20N4O5/c1-3-21(4-2)16(24)12-22-18-14(10-11-15(20-18)23(26)27)28-17(19(22)25)13-8-6-5-7-9-13/h5-11,17H,3-4,12H2,1-2H3. The predicted molar refractivity (Wildman–Crippen MR) is 101 cm³/mol. The monoisotopic (exact) mass is 384 g/mol. The molecule has 3 rings (SSSR count). The van der Waals surface area contributed by atoms with Crippen molar-refractivity contribution in [3.8, 4) is 5.75 Å². The van der Waals surface area contributed by atoms with Gasteiger partial charge in [-0.3, -0.25) is 14.5 Å². The lowest BCUT2D eigenvalue weighted by Crippen LogP contribution is -2.48. The number of likely N-dealkylation sites (N-methyl/N-ethyl adjacent to an activating group) is 1. The quantitative estimate of drug-likeness (QED) is 0.559. The Morgan fingerprint density at radius 2 is 1.89 bits per heavy atom. The van der Waals surface area contributed by atoms with Crippen LogP contribution in [0.4, 0.5) is 11.6 Å². The molecule has 9 heteroatoms. The van der Waals surface area contributed by atoms with E-state index in [9.17, 15) is 19.7 Å². The maximum Gasteiger partial charge on any atom is 0.366 e. The van der Waals surface area contributed by atoms with Crippen molar-refractivity contribution in [2.24, 2.45) is 0 Å². The number of hydrogen-bond acceptors (Lipinski definition) is 6. The third-order valence-corrected chi connectivity index (χ3v) is 4.51. The van der Waals surface area contributed by atoms with E-state index in [1.54, 1.807) is 29.2 Å². The number of carbonyl (C=O) groups is 2. The molecule has 1 aliphatic heterocycles. The van der Waals surface area contributed by atoms with Crippen LogP contribution < -0.4 is 9.64 Å². The van der Waals surface area contributed by atoms with E-state index < -0.39 is 22.8 Å². The van der Waals surface area contributed by atoms with E-state index in [1.807, 2.05) is 19.9 Å². The Morgan fingerprint density at radius 1 is 1.21 bits per heavy atom. The molecule has 0 saturated heterocycles. The van der Waals surface area contributed by atoms with Gasteiger partial charge in [0.2, 0.25) is 12.0 Å². The topological polar surface area (TPSA) is 106 Å². The second kappa shape index (κ2) is 8.03. The molecule has 1 aromatic carbocycles. The van der Waals surface area contributed by atoms with E-state index in [2.05, 4.69) is 4.98 Å². The summed E-state index contributed by atoms with van der Waals surface area (Å²) < 4.78 is 5.79. The van der Waals surface area contributed by atoms with Crippen molar-refractivity contribution in [3.63, 3.8) is 0 Å². The van der Waals surface area contributed by atoms with Crippen molar-refractivity contribution >= 4 is 23.5 Å². The lowest BCUT2D eigenvalue weighted by molar-refractivity contribution is -0.389. The zero-order valence-electron chi connectivity index (χ0n) is 15.6. The van der Waals surface area contributed by atoms with Crippen molar-refractivity contribution in [2.45, 2.75) is 20.0 Å². The first kappa shape index (κ1) is 19.3. The molecule has 1 aromatic heterocycles. The highest BCUT2D eigenvalue weighted by Gasteiger charge is 2.41. The molecule has 0 bridgehead atoms. The molecule has 0 saturated carbocycles. The van der Waals surface area contributed by atoms with E-state index in [4.69, 9.17) is 4.74 Å². The average molecular weight is 384 g/mol. The van der Waals surface area contributed by atoms with Crippen LogP contribution in [-0.4, -0.2) is 46.3 Å². The molecule has 1 atom stereocenters. The number of anilines is 1. The highest BCUT2D eigenvalue weighted by Crippen LogP contribution is 2.38. The van der Waals surface area contributed by atoms with Gasteiger partial charge in [-0.2, -0.15) is 0 Å². The zero-order valence-corrected chi connectivity index (χ0v) is 15.6. The molecule has 2 heterocycles. The van der Waals surface area contributed by atoms with E-state index in [0.29, 0.717) is 18.7 Å². The van der Waals surface area contributed by atoms with Gasteiger partial charge in [0.25, 0.3) is 11.7 Å². The first-order valence-corrected chi connectivity index (χ1v) is 8.92. The maximum atomic E-state index is 13.1. The summed E-state index contributed by atoms with van der Waals surface area (Å²) in [6.07, 6.45) is -0.957. The van der Waals surface area contributed by atoms with Crippen LogP contribution in [0, 0.1) is 10.1 Å². The number of aromatic nitrogens is 1. The van der Waals surface area contributed by atoms with Crippen molar-refractivity contribution < 1.29 is 19.2 Å². The number of ether oxygens (including phenoxy) is 1. The zero-order chi connectivity index (χ0) is 20.3. The molecule has 0 spiro atoms. The Kier molecular flexibility index (Phi) is 5.53. The molecule has 0 aliphatic carbocycles. The SMILES string of the molecule is CCN(CC)C(=O)CN1C(=O)C(c2ccccc2)Oc2ccc([N+](=O)[O-])nc21. The number of hydrogen-bond donors (Lipinski definition) is 0. The minimum Gasteiger partial charge on any atom is -0.469 e. The van der Waals surface area contributed by atoms with Gasteiger partial charge in [-0.1, -0.05) is 30.3 Å². The number of rotatable bonds is 6.